The Morgan fingerprint density at radius 3 is 2.55 bits per heavy atom. The Labute approximate surface area is 183 Å². The topological polar surface area (TPSA) is 69.7 Å². The van der Waals surface area contributed by atoms with Crippen molar-refractivity contribution >= 4 is 5.91 Å². The first-order chi connectivity index (χ1) is 15.0. The quantitative estimate of drug-likeness (QED) is 0.541. The summed E-state index contributed by atoms with van der Waals surface area (Å²) in [4.78, 5) is 16.6. The molecule has 1 heterocycles. The van der Waals surface area contributed by atoms with Crippen LogP contribution in [-0.4, -0.2) is 25.1 Å². The van der Waals surface area contributed by atoms with Crippen molar-refractivity contribution in [2.24, 2.45) is 0 Å². The number of aromatic nitrogens is 1. The summed E-state index contributed by atoms with van der Waals surface area (Å²) in [5.41, 5.74) is 4.02. The lowest BCUT2D eigenvalue weighted by molar-refractivity contribution is -0.121. The monoisotopic (exact) mass is 420 g/mol. The van der Waals surface area contributed by atoms with E-state index in [1.807, 2.05) is 62.4 Å². The average molecular weight is 421 g/mol. The fourth-order valence-corrected chi connectivity index (χ4v) is 3.19. The van der Waals surface area contributed by atoms with E-state index in [1.54, 1.807) is 20.4 Å². The van der Waals surface area contributed by atoms with Gasteiger partial charge in [-0.2, -0.15) is 0 Å². The highest BCUT2D eigenvalue weighted by atomic mass is 16.5. The molecule has 0 fully saturated rings. The molecule has 6 nitrogen and oxygen atoms in total. The fourth-order valence-electron chi connectivity index (χ4n) is 3.19. The molecule has 1 aromatic heterocycles. The molecule has 0 aliphatic rings. The Bertz CT molecular complexity index is 1030. The molecule has 0 aliphatic carbocycles. The van der Waals surface area contributed by atoms with Crippen molar-refractivity contribution in [1.82, 2.24) is 10.3 Å². The Balaban J connectivity index is 1.51. The summed E-state index contributed by atoms with van der Waals surface area (Å²) in [6.45, 7) is 4.43. The second-order valence-electron chi connectivity index (χ2n) is 7.31. The van der Waals surface area contributed by atoms with E-state index in [2.05, 4.69) is 10.3 Å². The molecule has 0 radical (unpaired) electrons. The van der Waals surface area contributed by atoms with Gasteiger partial charge in [0.25, 0.3) is 0 Å². The van der Waals surface area contributed by atoms with E-state index < -0.39 is 0 Å². The number of rotatable bonds is 9. The molecule has 3 aromatic rings. The van der Waals surface area contributed by atoms with Gasteiger partial charge >= 0.3 is 0 Å². The van der Waals surface area contributed by atoms with Crippen molar-refractivity contribution in [1.29, 1.82) is 0 Å². The number of hydrogen-bond donors (Lipinski definition) is 1. The molecule has 0 aliphatic heterocycles. The van der Waals surface area contributed by atoms with Crippen LogP contribution in [0.1, 0.15) is 28.7 Å². The number of para-hydroxylation sites is 1. The van der Waals surface area contributed by atoms with Crippen molar-refractivity contribution in [2.75, 3.05) is 14.2 Å². The second-order valence-corrected chi connectivity index (χ2v) is 7.31. The van der Waals surface area contributed by atoms with Gasteiger partial charge in [0, 0.05) is 25.2 Å². The van der Waals surface area contributed by atoms with Crippen LogP contribution < -0.4 is 19.5 Å². The van der Waals surface area contributed by atoms with E-state index in [4.69, 9.17) is 14.2 Å². The third-order valence-corrected chi connectivity index (χ3v) is 4.95. The van der Waals surface area contributed by atoms with Gasteiger partial charge in [-0.3, -0.25) is 4.79 Å². The lowest BCUT2D eigenvalue weighted by Crippen LogP contribution is -2.23. The number of ether oxygens (including phenoxy) is 3. The number of methoxy groups -OCH3 is 2. The van der Waals surface area contributed by atoms with Gasteiger partial charge in [-0.25, -0.2) is 4.98 Å². The van der Waals surface area contributed by atoms with Crippen molar-refractivity contribution in [3.8, 4) is 23.1 Å². The van der Waals surface area contributed by atoms with Crippen molar-refractivity contribution in [2.45, 2.75) is 33.2 Å². The first kappa shape index (κ1) is 22.2. The van der Waals surface area contributed by atoms with Crippen LogP contribution in [0.2, 0.25) is 0 Å². The minimum atomic E-state index is -0.0411. The van der Waals surface area contributed by atoms with Gasteiger partial charge in [0.2, 0.25) is 11.8 Å². The highest BCUT2D eigenvalue weighted by molar-refractivity contribution is 5.76. The van der Waals surface area contributed by atoms with E-state index in [0.717, 1.165) is 28.0 Å². The minimum absolute atomic E-state index is 0.0411. The maximum absolute atomic E-state index is 12.3. The number of carbonyl (C=O) groups is 1. The molecule has 0 spiro atoms. The maximum atomic E-state index is 12.3. The highest BCUT2D eigenvalue weighted by Gasteiger charge is 2.11. The van der Waals surface area contributed by atoms with Crippen LogP contribution in [0.3, 0.4) is 0 Å². The average Bonchev–Trinajstić information content (AvgIpc) is 2.79. The van der Waals surface area contributed by atoms with E-state index in [1.165, 1.54) is 0 Å². The standard InChI is InChI=1S/C25H28N2O4/c1-17-8-9-18(2)22(14-17)31-24-13-10-19(16-27-24)15-26-23(28)12-11-20-6-5-7-21(29-3)25(20)30-4/h5-10,13-14,16H,11-12,15H2,1-4H3,(H,26,28). The highest BCUT2D eigenvalue weighted by Crippen LogP contribution is 2.31. The van der Waals surface area contributed by atoms with E-state index in [-0.39, 0.29) is 5.91 Å². The lowest BCUT2D eigenvalue weighted by atomic mass is 10.1. The summed E-state index contributed by atoms with van der Waals surface area (Å²) < 4.78 is 16.6. The van der Waals surface area contributed by atoms with Crippen LogP contribution >= 0.6 is 0 Å². The zero-order valence-corrected chi connectivity index (χ0v) is 18.4. The Morgan fingerprint density at radius 1 is 1.00 bits per heavy atom. The molecule has 31 heavy (non-hydrogen) atoms. The number of nitrogens with zero attached hydrogens (tertiary/aromatic N) is 1. The van der Waals surface area contributed by atoms with Gasteiger partial charge in [0.05, 0.1) is 14.2 Å². The van der Waals surface area contributed by atoms with Gasteiger partial charge < -0.3 is 19.5 Å². The maximum Gasteiger partial charge on any atom is 0.220 e. The van der Waals surface area contributed by atoms with Gasteiger partial charge in [-0.05, 0) is 54.7 Å². The second kappa shape index (κ2) is 10.5. The number of nitrogens with one attached hydrogen (secondary N) is 1. The van der Waals surface area contributed by atoms with Gasteiger partial charge in [0.1, 0.15) is 5.75 Å². The molecule has 1 amide bonds. The number of amides is 1. The van der Waals surface area contributed by atoms with E-state index in [9.17, 15) is 4.79 Å². The summed E-state index contributed by atoms with van der Waals surface area (Å²) in [6, 6.07) is 15.4. The van der Waals surface area contributed by atoms with Gasteiger partial charge in [0.15, 0.2) is 11.5 Å². The molecule has 0 saturated carbocycles. The van der Waals surface area contributed by atoms with Crippen LogP contribution in [0.4, 0.5) is 0 Å². The molecule has 3 rings (SSSR count). The SMILES string of the molecule is COc1cccc(CCC(=O)NCc2ccc(Oc3cc(C)ccc3C)nc2)c1OC. The summed E-state index contributed by atoms with van der Waals surface area (Å²) in [6.07, 6.45) is 2.63. The molecule has 2 aromatic carbocycles. The number of carbonyl (C=O) groups excluding carboxylic acids is 1. The number of pyridine rings is 1. The molecule has 0 atom stereocenters. The van der Waals surface area contributed by atoms with Crippen molar-refractivity contribution in [3.05, 3.63) is 77.0 Å². The number of hydrogen-bond acceptors (Lipinski definition) is 5. The summed E-state index contributed by atoms with van der Waals surface area (Å²) in [7, 11) is 3.20. The first-order valence-corrected chi connectivity index (χ1v) is 10.2. The summed E-state index contributed by atoms with van der Waals surface area (Å²) >= 11 is 0. The first-order valence-electron chi connectivity index (χ1n) is 10.2. The molecule has 6 heteroatoms. The van der Waals surface area contributed by atoms with Crippen LogP contribution in [0.25, 0.3) is 0 Å². The lowest BCUT2D eigenvalue weighted by Gasteiger charge is -2.12. The van der Waals surface area contributed by atoms with Crippen molar-refractivity contribution in [3.63, 3.8) is 0 Å². The molecular weight excluding hydrogens is 392 g/mol. The predicted molar refractivity (Wildman–Crippen MR) is 120 cm³/mol. The molecule has 1 N–H and O–H groups in total. The third kappa shape index (κ3) is 5.98. The molecule has 0 bridgehead atoms. The smallest absolute Gasteiger partial charge is 0.220 e. The number of benzene rings is 2. The van der Waals surface area contributed by atoms with Crippen LogP contribution in [0.15, 0.2) is 54.7 Å². The fraction of sp³-hybridized carbons (Fsp3) is 0.280. The van der Waals surface area contributed by atoms with E-state index >= 15 is 0 Å². The van der Waals surface area contributed by atoms with Crippen LogP contribution in [0, 0.1) is 13.8 Å². The summed E-state index contributed by atoms with van der Waals surface area (Å²) in [5, 5.41) is 2.93. The largest absolute Gasteiger partial charge is 0.493 e. The minimum Gasteiger partial charge on any atom is -0.493 e. The molecule has 162 valence electrons. The Morgan fingerprint density at radius 2 is 1.84 bits per heavy atom. The predicted octanol–water partition coefficient (Wildman–Crippen LogP) is 4.76. The molecule has 0 unspecified atom stereocenters. The summed E-state index contributed by atoms with van der Waals surface area (Å²) in [5.74, 6) is 2.60. The third-order valence-electron chi connectivity index (χ3n) is 4.95. The Hall–Kier alpha value is -3.54. The van der Waals surface area contributed by atoms with Crippen LogP contribution in [0.5, 0.6) is 23.1 Å². The Kier molecular flexibility index (Phi) is 7.49. The number of aryl methyl sites for hydroxylation is 3. The zero-order chi connectivity index (χ0) is 22.2. The normalized spacial score (nSPS) is 10.5. The van der Waals surface area contributed by atoms with Gasteiger partial charge in [-0.15, -0.1) is 0 Å². The van der Waals surface area contributed by atoms with Gasteiger partial charge in [-0.1, -0.05) is 30.3 Å². The molecular formula is C25H28N2O4. The van der Waals surface area contributed by atoms with E-state index in [0.29, 0.717) is 36.8 Å². The zero-order valence-electron chi connectivity index (χ0n) is 18.4. The van der Waals surface area contributed by atoms with Crippen molar-refractivity contribution < 1.29 is 19.0 Å². The van der Waals surface area contributed by atoms with Crippen LogP contribution in [-0.2, 0) is 17.8 Å². The molecule has 0 saturated heterocycles.